The van der Waals surface area contributed by atoms with Crippen molar-refractivity contribution in [3.63, 3.8) is 0 Å². The van der Waals surface area contributed by atoms with Crippen molar-refractivity contribution in [2.45, 2.75) is 38.8 Å². The predicted molar refractivity (Wildman–Crippen MR) is 69.1 cm³/mol. The molecule has 102 valence electrons. The highest BCUT2D eigenvalue weighted by Crippen LogP contribution is 2.36. The Morgan fingerprint density at radius 3 is 2.50 bits per heavy atom. The minimum absolute atomic E-state index is 0.265. The van der Waals surface area contributed by atoms with Crippen LogP contribution < -0.4 is 5.32 Å². The third-order valence-corrected chi connectivity index (χ3v) is 2.96. The molecule has 0 atom stereocenters. The summed E-state index contributed by atoms with van der Waals surface area (Å²) in [5, 5.41) is 2.72. The minimum Gasteiger partial charge on any atom is -0.385 e. The molecule has 5 heteroatoms. The molecule has 0 amide bonds. The predicted octanol–water partition coefficient (Wildman–Crippen LogP) is 5.35. The second-order valence-electron chi connectivity index (χ2n) is 4.18. The van der Waals surface area contributed by atoms with Crippen molar-refractivity contribution < 1.29 is 13.2 Å². The molecule has 1 N–H and O–H groups in total. The van der Waals surface area contributed by atoms with Gasteiger partial charge in [-0.15, -0.1) is 0 Å². The Bertz CT molecular complexity index is 377. The first kappa shape index (κ1) is 15.2. The van der Waals surface area contributed by atoms with Crippen LogP contribution in [-0.4, -0.2) is 6.54 Å². The molecule has 1 aromatic carbocycles. The first-order valence-electron chi connectivity index (χ1n) is 6.05. The van der Waals surface area contributed by atoms with Crippen molar-refractivity contribution in [2.75, 3.05) is 11.9 Å². The van der Waals surface area contributed by atoms with E-state index in [0.717, 1.165) is 31.7 Å². The highest BCUT2D eigenvalue weighted by atomic mass is 35.5. The topological polar surface area (TPSA) is 12.0 Å². The van der Waals surface area contributed by atoms with Gasteiger partial charge in [-0.3, -0.25) is 0 Å². The molecule has 0 bridgehead atoms. The van der Waals surface area contributed by atoms with E-state index < -0.39 is 11.7 Å². The average molecular weight is 280 g/mol. The quantitative estimate of drug-likeness (QED) is 0.692. The van der Waals surface area contributed by atoms with Gasteiger partial charge in [0.15, 0.2) is 0 Å². The van der Waals surface area contributed by atoms with Crippen molar-refractivity contribution in [1.82, 2.24) is 0 Å². The Morgan fingerprint density at radius 1 is 1.17 bits per heavy atom. The van der Waals surface area contributed by atoms with Gasteiger partial charge >= 0.3 is 6.18 Å². The molecule has 18 heavy (non-hydrogen) atoms. The van der Waals surface area contributed by atoms with Gasteiger partial charge in [-0.1, -0.05) is 37.8 Å². The number of alkyl halides is 3. The number of halogens is 4. The summed E-state index contributed by atoms with van der Waals surface area (Å²) in [7, 11) is 0. The highest BCUT2D eigenvalue weighted by molar-refractivity contribution is 6.31. The lowest BCUT2D eigenvalue weighted by atomic mass is 10.1. The number of anilines is 1. The number of unbranched alkanes of at least 4 members (excludes halogenated alkanes) is 3. The zero-order valence-electron chi connectivity index (χ0n) is 10.3. The largest absolute Gasteiger partial charge is 0.417 e. The molecule has 0 aliphatic heterocycles. The summed E-state index contributed by atoms with van der Waals surface area (Å²) in [4.78, 5) is 0. The van der Waals surface area contributed by atoms with Crippen molar-refractivity contribution in [3.05, 3.63) is 28.8 Å². The van der Waals surface area contributed by atoms with Crippen LogP contribution in [0, 0.1) is 0 Å². The number of benzene rings is 1. The Hall–Kier alpha value is -0.900. The number of nitrogens with one attached hydrogen (secondary N) is 1. The van der Waals surface area contributed by atoms with Crippen LogP contribution in [0.5, 0.6) is 0 Å². The standard InChI is InChI=1S/C13H17ClF3N/c1-2-3-4-5-8-18-10-6-7-12(14)11(9-10)13(15,16)17/h6-7,9,18H,2-5,8H2,1H3. The lowest BCUT2D eigenvalue weighted by molar-refractivity contribution is -0.137. The van der Waals surface area contributed by atoms with Gasteiger partial charge in [-0.05, 0) is 24.6 Å². The molecule has 0 heterocycles. The van der Waals surface area contributed by atoms with Crippen molar-refractivity contribution >= 4 is 17.3 Å². The van der Waals surface area contributed by atoms with Crippen molar-refractivity contribution in [1.29, 1.82) is 0 Å². The average Bonchev–Trinajstić information content (AvgIpc) is 2.29. The zero-order chi connectivity index (χ0) is 13.6. The van der Waals surface area contributed by atoms with Gasteiger partial charge in [-0.25, -0.2) is 0 Å². The summed E-state index contributed by atoms with van der Waals surface area (Å²) in [6, 6.07) is 3.90. The minimum atomic E-state index is -4.41. The van der Waals surface area contributed by atoms with Gasteiger partial charge in [0.25, 0.3) is 0 Å². The zero-order valence-corrected chi connectivity index (χ0v) is 11.0. The Kier molecular flexibility index (Phi) is 5.79. The highest BCUT2D eigenvalue weighted by Gasteiger charge is 2.33. The normalized spacial score (nSPS) is 11.6. The third-order valence-electron chi connectivity index (χ3n) is 2.63. The molecule has 0 saturated carbocycles. The fourth-order valence-corrected chi connectivity index (χ4v) is 1.86. The lowest BCUT2D eigenvalue weighted by Crippen LogP contribution is -2.08. The Labute approximate surface area is 110 Å². The summed E-state index contributed by atoms with van der Waals surface area (Å²) in [5.41, 5.74) is -0.328. The Balaban J connectivity index is 2.57. The second kappa shape index (κ2) is 6.88. The summed E-state index contributed by atoms with van der Waals surface area (Å²) in [6.45, 7) is 2.79. The van der Waals surface area contributed by atoms with Gasteiger partial charge in [-0.2, -0.15) is 13.2 Å². The van der Waals surface area contributed by atoms with Crippen LogP contribution in [0.3, 0.4) is 0 Å². The summed E-state index contributed by atoms with van der Waals surface area (Å²) < 4.78 is 37.8. The summed E-state index contributed by atoms with van der Waals surface area (Å²) >= 11 is 5.54. The lowest BCUT2D eigenvalue weighted by Gasteiger charge is -2.12. The van der Waals surface area contributed by atoms with E-state index in [2.05, 4.69) is 12.2 Å². The number of hydrogen-bond acceptors (Lipinski definition) is 1. The summed E-state index contributed by atoms with van der Waals surface area (Å²) in [5.74, 6) is 0. The molecular weight excluding hydrogens is 263 g/mol. The van der Waals surface area contributed by atoms with Crippen molar-refractivity contribution in [3.8, 4) is 0 Å². The van der Waals surface area contributed by atoms with Crippen LogP contribution in [0.15, 0.2) is 18.2 Å². The van der Waals surface area contributed by atoms with Gasteiger partial charge in [0.1, 0.15) is 0 Å². The van der Waals surface area contributed by atoms with Crippen LogP contribution in [0.25, 0.3) is 0 Å². The molecular formula is C13H17ClF3N. The van der Waals surface area contributed by atoms with Gasteiger partial charge < -0.3 is 5.32 Å². The van der Waals surface area contributed by atoms with E-state index in [1.54, 1.807) is 6.07 Å². The van der Waals surface area contributed by atoms with Crippen LogP contribution in [0.4, 0.5) is 18.9 Å². The monoisotopic (exact) mass is 279 g/mol. The van der Waals surface area contributed by atoms with Crippen LogP contribution in [-0.2, 0) is 6.18 Å². The first-order valence-corrected chi connectivity index (χ1v) is 6.43. The molecule has 0 fully saturated rings. The van der Waals surface area contributed by atoms with Gasteiger partial charge in [0.05, 0.1) is 10.6 Å². The van der Waals surface area contributed by atoms with Gasteiger partial charge in [0.2, 0.25) is 0 Å². The van der Waals surface area contributed by atoms with E-state index in [0.29, 0.717) is 12.2 Å². The van der Waals surface area contributed by atoms with Crippen molar-refractivity contribution in [2.24, 2.45) is 0 Å². The fourth-order valence-electron chi connectivity index (χ4n) is 1.64. The van der Waals surface area contributed by atoms with Crippen LogP contribution >= 0.6 is 11.6 Å². The second-order valence-corrected chi connectivity index (χ2v) is 4.59. The third kappa shape index (κ3) is 4.77. The molecule has 1 nitrogen and oxygen atoms in total. The maximum Gasteiger partial charge on any atom is 0.417 e. The fraction of sp³-hybridized carbons (Fsp3) is 0.538. The molecule has 0 radical (unpaired) electrons. The Morgan fingerprint density at radius 2 is 1.89 bits per heavy atom. The number of rotatable bonds is 6. The van der Waals surface area contributed by atoms with Gasteiger partial charge in [0, 0.05) is 12.2 Å². The molecule has 0 unspecified atom stereocenters. The molecule has 0 spiro atoms. The van der Waals surface area contributed by atoms with E-state index in [1.807, 2.05) is 0 Å². The molecule has 1 aromatic rings. The van der Waals surface area contributed by atoms with Crippen LogP contribution in [0.1, 0.15) is 38.2 Å². The van der Waals surface area contributed by atoms with E-state index in [9.17, 15) is 13.2 Å². The molecule has 0 saturated heterocycles. The summed E-state index contributed by atoms with van der Waals surface area (Å²) in [6.07, 6.45) is -0.0761. The van der Waals surface area contributed by atoms with E-state index in [4.69, 9.17) is 11.6 Å². The first-order chi connectivity index (χ1) is 8.45. The molecule has 1 rings (SSSR count). The maximum absolute atomic E-state index is 12.6. The SMILES string of the molecule is CCCCCCNc1ccc(Cl)c(C(F)(F)F)c1. The molecule has 0 aliphatic rings. The molecule has 0 aliphatic carbocycles. The molecule has 0 aromatic heterocycles. The van der Waals surface area contributed by atoms with E-state index in [1.165, 1.54) is 6.07 Å². The van der Waals surface area contributed by atoms with E-state index in [-0.39, 0.29) is 5.02 Å². The smallest absolute Gasteiger partial charge is 0.385 e. The number of hydrogen-bond donors (Lipinski definition) is 1. The maximum atomic E-state index is 12.6. The van der Waals surface area contributed by atoms with Crippen LogP contribution in [0.2, 0.25) is 5.02 Å². The van der Waals surface area contributed by atoms with E-state index >= 15 is 0 Å².